The Kier molecular flexibility index (Phi) is 5.84. The first-order chi connectivity index (χ1) is 10.5. The van der Waals surface area contributed by atoms with Crippen molar-refractivity contribution in [3.8, 4) is 5.75 Å². The van der Waals surface area contributed by atoms with Crippen LogP contribution in [0.15, 0.2) is 18.2 Å². The number of nitrogens with zero attached hydrogens (tertiary/aromatic N) is 1. The van der Waals surface area contributed by atoms with Gasteiger partial charge in [0.2, 0.25) is 0 Å². The van der Waals surface area contributed by atoms with E-state index >= 15 is 0 Å². The van der Waals surface area contributed by atoms with Crippen LogP contribution >= 0.6 is 0 Å². The minimum absolute atomic E-state index is 0.0557. The Hall–Kier alpha value is -1.10. The van der Waals surface area contributed by atoms with E-state index in [1.807, 2.05) is 6.07 Å². The Morgan fingerprint density at radius 2 is 2.18 bits per heavy atom. The highest BCUT2D eigenvalue weighted by atomic mass is 16.5. The molecule has 1 aromatic carbocycles. The lowest BCUT2D eigenvalue weighted by Crippen LogP contribution is -2.53. The van der Waals surface area contributed by atoms with E-state index in [4.69, 9.17) is 4.74 Å². The van der Waals surface area contributed by atoms with Gasteiger partial charge in [0.15, 0.2) is 0 Å². The number of aliphatic hydroxyl groups is 2. The summed E-state index contributed by atoms with van der Waals surface area (Å²) >= 11 is 0. The summed E-state index contributed by atoms with van der Waals surface area (Å²) in [5, 5.41) is 20.2. The Morgan fingerprint density at radius 3 is 2.77 bits per heavy atom. The van der Waals surface area contributed by atoms with E-state index in [1.54, 1.807) is 7.11 Å². The summed E-state index contributed by atoms with van der Waals surface area (Å²) in [4.78, 5) is 2.35. The lowest BCUT2D eigenvalue weighted by Gasteiger charge is -2.45. The Labute approximate surface area is 133 Å². The van der Waals surface area contributed by atoms with Gasteiger partial charge in [0.1, 0.15) is 5.75 Å². The van der Waals surface area contributed by atoms with E-state index in [9.17, 15) is 10.2 Å². The van der Waals surface area contributed by atoms with E-state index in [0.29, 0.717) is 0 Å². The van der Waals surface area contributed by atoms with Gasteiger partial charge in [-0.2, -0.15) is 0 Å². The zero-order valence-electron chi connectivity index (χ0n) is 14.0. The summed E-state index contributed by atoms with van der Waals surface area (Å²) in [5.41, 5.74) is 2.02. The predicted molar refractivity (Wildman–Crippen MR) is 88.1 cm³/mol. The number of rotatable bonds is 6. The summed E-state index contributed by atoms with van der Waals surface area (Å²) in [6.45, 7) is 6.69. The molecule has 1 saturated heterocycles. The average molecular weight is 307 g/mol. The van der Waals surface area contributed by atoms with Gasteiger partial charge >= 0.3 is 0 Å². The van der Waals surface area contributed by atoms with Gasteiger partial charge in [0.25, 0.3) is 0 Å². The molecule has 0 aliphatic carbocycles. The average Bonchev–Trinajstić information content (AvgIpc) is 2.51. The van der Waals surface area contributed by atoms with Gasteiger partial charge in [0.05, 0.1) is 19.8 Å². The highest BCUT2D eigenvalue weighted by molar-refractivity contribution is 5.36. The Balaban J connectivity index is 2.08. The van der Waals surface area contributed by atoms with Crippen molar-refractivity contribution in [2.45, 2.75) is 45.8 Å². The zero-order chi connectivity index (χ0) is 16.2. The van der Waals surface area contributed by atoms with Crippen molar-refractivity contribution in [1.82, 2.24) is 4.90 Å². The van der Waals surface area contributed by atoms with Crippen LogP contribution in [0.25, 0.3) is 0 Å². The van der Waals surface area contributed by atoms with Crippen molar-refractivity contribution in [2.75, 3.05) is 26.8 Å². The van der Waals surface area contributed by atoms with Gasteiger partial charge in [-0.05, 0) is 37.0 Å². The van der Waals surface area contributed by atoms with Crippen LogP contribution in [0.3, 0.4) is 0 Å². The summed E-state index contributed by atoms with van der Waals surface area (Å²) in [6, 6.07) is 6.26. The molecule has 0 aromatic heterocycles. The maximum absolute atomic E-state index is 10.3. The number of ether oxygens (including phenoxy) is 1. The van der Waals surface area contributed by atoms with Crippen molar-refractivity contribution < 1.29 is 14.9 Å². The fourth-order valence-electron chi connectivity index (χ4n) is 3.65. The second-order valence-electron chi connectivity index (χ2n) is 6.59. The molecule has 1 fully saturated rings. The third-order valence-corrected chi connectivity index (χ3v) is 4.89. The van der Waals surface area contributed by atoms with Crippen LogP contribution in [0.1, 0.15) is 37.3 Å². The molecule has 0 spiro atoms. The number of methoxy groups -OCH3 is 1. The van der Waals surface area contributed by atoms with Crippen molar-refractivity contribution in [3.05, 3.63) is 29.3 Å². The van der Waals surface area contributed by atoms with Gasteiger partial charge in [-0.1, -0.05) is 25.5 Å². The molecule has 1 heterocycles. The Bertz CT molecular complexity index is 491. The maximum Gasteiger partial charge on any atom is 0.121 e. The molecule has 4 nitrogen and oxygen atoms in total. The number of hydrogen-bond donors (Lipinski definition) is 2. The van der Waals surface area contributed by atoms with Gasteiger partial charge in [-0.25, -0.2) is 0 Å². The fourth-order valence-corrected chi connectivity index (χ4v) is 3.65. The largest absolute Gasteiger partial charge is 0.496 e. The molecule has 1 aliphatic heterocycles. The molecular weight excluding hydrogens is 278 g/mol. The van der Waals surface area contributed by atoms with Crippen LogP contribution in [0.4, 0.5) is 0 Å². The molecule has 2 rings (SSSR count). The molecule has 4 heteroatoms. The third-order valence-electron chi connectivity index (χ3n) is 4.89. The molecule has 22 heavy (non-hydrogen) atoms. The molecule has 0 radical (unpaired) electrons. The molecular formula is C18H29NO3. The second-order valence-corrected chi connectivity index (χ2v) is 6.59. The molecule has 2 atom stereocenters. The standard InChI is InChI=1S/C18H29NO3/c1-4-8-18(13-20)12-19(9-7-17(18)21)11-15-5-6-16(22-3)14(2)10-15/h5-6,10,17,20-21H,4,7-9,11-13H2,1-3H3/t17-,18+/m1/s1. The lowest BCUT2D eigenvalue weighted by atomic mass is 9.74. The zero-order valence-corrected chi connectivity index (χ0v) is 14.0. The van der Waals surface area contributed by atoms with Crippen molar-refractivity contribution in [2.24, 2.45) is 5.41 Å². The van der Waals surface area contributed by atoms with Gasteiger partial charge in [0, 0.05) is 25.0 Å². The smallest absolute Gasteiger partial charge is 0.121 e. The van der Waals surface area contributed by atoms with Gasteiger partial charge < -0.3 is 14.9 Å². The molecule has 2 N–H and O–H groups in total. The maximum atomic E-state index is 10.3. The topological polar surface area (TPSA) is 52.9 Å². The second kappa shape index (κ2) is 7.44. The Morgan fingerprint density at radius 1 is 1.41 bits per heavy atom. The molecule has 124 valence electrons. The first-order valence-electron chi connectivity index (χ1n) is 8.19. The van der Waals surface area contributed by atoms with Gasteiger partial charge in [-0.3, -0.25) is 4.90 Å². The number of piperidine rings is 1. The van der Waals surface area contributed by atoms with Crippen molar-refractivity contribution >= 4 is 0 Å². The number of likely N-dealkylation sites (tertiary alicyclic amines) is 1. The van der Waals surface area contributed by atoms with Crippen molar-refractivity contribution in [1.29, 1.82) is 0 Å². The van der Waals surface area contributed by atoms with Crippen molar-refractivity contribution in [3.63, 3.8) is 0 Å². The minimum atomic E-state index is -0.397. The first kappa shape index (κ1) is 17.3. The lowest BCUT2D eigenvalue weighted by molar-refractivity contribution is -0.0819. The molecule has 1 aliphatic rings. The van der Waals surface area contributed by atoms with E-state index in [-0.39, 0.29) is 12.0 Å². The van der Waals surface area contributed by atoms with E-state index in [2.05, 4.69) is 30.9 Å². The van der Waals surface area contributed by atoms with Crippen LogP contribution in [0, 0.1) is 12.3 Å². The first-order valence-corrected chi connectivity index (χ1v) is 8.19. The number of hydrogen-bond acceptors (Lipinski definition) is 4. The van der Waals surface area contributed by atoms with Gasteiger partial charge in [-0.15, -0.1) is 0 Å². The summed E-state index contributed by atoms with van der Waals surface area (Å²) < 4.78 is 5.31. The highest BCUT2D eigenvalue weighted by Crippen LogP contribution is 2.35. The summed E-state index contributed by atoms with van der Waals surface area (Å²) in [6.07, 6.45) is 2.18. The monoisotopic (exact) mass is 307 g/mol. The third kappa shape index (κ3) is 3.62. The number of benzene rings is 1. The molecule has 0 saturated carbocycles. The summed E-state index contributed by atoms with van der Waals surface area (Å²) in [5.74, 6) is 0.911. The van der Waals surface area contributed by atoms with E-state index in [0.717, 1.165) is 50.2 Å². The van der Waals surface area contributed by atoms with E-state index in [1.165, 1.54) is 5.56 Å². The SMILES string of the molecule is CCC[C@@]1(CO)CN(Cc2ccc(OC)c(C)c2)CC[C@H]1O. The molecule has 0 bridgehead atoms. The van der Waals surface area contributed by atoms with Crippen LogP contribution < -0.4 is 4.74 Å². The predicted octanol–water partition coefficient (Wildman–Crippen LogP) is 2.35. The van der Waals surface area contributed by atoms with Crippen LogP contribution in [-0.2, 0) is 6.54 Å². The quantitative estimate of drug-likeness (QED) is 0.847. The van der Waals surface area contributed by atoms with E-state index < -0.39 is 6.10 Å². The number of aryl methyl sites for hydroxylation is 1. The fraction of sp³-hybridized carbons (Fsp3) is 0.667. The normalized spacial score (nSPS) is 26.1. The highest BCUT2D eigenvalue weighted by Gasteiger charge is 2.41. The number of aliphatic hydroxyl groups excluding tert-OH is 2. The minimum Gasteiger partial charge on any atom is -0.496 e. The molecule has 0 unspecified atom stereocenters. The van der Waals surface area contributed by atoms with Crippen LogP contribution in [-0.4, -0.2) is 48.0 Å². The van der Waals surface area contributed by atoms with Crippen LogP contribution in [0.5, 0.6) is 5.75 Å². The van der Waals surface area contributed by atoms with Crippen LogP contribution in [0.2, 0.25) is 0 Å². The summed E-state index contributed by atoms with van der Waals surface area (Å²) in [7, 11) is 1.69. The molecule has 0 amide bonds. The molecule has 1 aromatic rings.